The van der Waals surface area contributed by atoms with E-state index in [2.05, 4.69) is 5.10 Å². The predicted octanol–water partition coefficient (Wildman–Crippen LogP) is 1.85. The van der Waals surface area contributed by atoms with Gasteiger partial charge in [-0.1, -0.05) is 0 Å². The zero-order valence-corrected chi connectivity index (χ0v) is 9.98. The lowest BCUT2D eigenvalue weighted by Crippen LogP contribution is -2.20. The van der Waals surface area contributed by atoms with Crippen molar-refractivity contribution >= 4 is 11.8 Å². The minimum Gasteiger partial charge on any atom is -0.464 e. The Kier molecular flexibility index (Phi) is 2.34. The average Bonchev–Trinajstić information content (AvgIpc) is 3.03. The summed E-state index contributed by atoms with van der Waals surface area (Å²) in [5.41, 5.74) is 7.49. The van der Waals surface area contributed by atoms with Crippen LogP contribution in [0.1, 0.15) is 60.1 Å². The van der Waals surface area contributed by atoms with Crippen LogP contribution in [0.5, 0.6) is 0 Å². The molecule has 0 radical (unpaired) electrons. The Hall–Kier alpha value is -1.52. The first kappa shape index (κ1) is 10.6. The summed E-state index contributed by atoms with van der Waals surface area (Å²) in [5, 5.41) is 4.38. The summed E-state index contributed by atoms with van der Waals surface area (Å²) in [6.45, 7) is 0. The zero-order chi connectivity index (χ0) is 12.0. The molecule has 5 nitrogen and oxygen atoms in total. The highest BCUT2D eigenvalue weighted by Crippen LogP contribution is 2.46. The molecule has 2 saturated carbocycles. The van der Waals surface area contributed by atoms with E-state index in [9.17, 15) is 4.79 Å². The van der Waals surface area contributed by atoms with E-state index in [-0.39, 0.29) is 5.97 Å². The number of nitrogens with zero attached hydrogens (tertiary/aromatic N) is 2. The minimum absolute atomic E-state index is 0.364. The lowest BCUT2D eigenvalue weighted by atomic mass is 9.93. The van der Waals surface area contributed by atoms with Gasteiger partial charge in [-0.25, -0.2) is 9.48 Å². The second kappa shape index (κ2) is 3.75. The van der Waals surface area contributed by atoms with Crippen LogP contribution in [0.15, 0.2) is 0 Å². The standard InChI is InChI=1S/C12H17N3O2/c1-17-12(16)10-9(7-5-6-7)11(13)15(14-10)8-3-2-4-8/h7-8H,2-6,13H2,1H3. The smallest absolute Gasteiger partial charge is 0.358 e. The number of rotatable bonds is 3. The summed E-state index contributed by atoms with van der Waals surface area (Å²) in [6.07, 6.45) is 5.64. The van der Waals surface area contributed by atoms with Crippen molar-refractivity contribution in [2.75, 3.05) is 12.8 Å². The van der Waals surface area contributed by atoms with Crippen molar-refractivity contribution in [2.24, 2.45) is 0 Å². The third kappa shape index (κ3) is 1.61. The molecule has 0 spiro atoms. The molecule has 1 aromatic rings. The predicted molar refractivity (Wildman–Crippen MR) is 62.8 cm³/mol. The molecule has 1 heterocycles. The van der Waals surface area contributed by atoms with E-state index >= 15 is 0 Å². The monoisotopic (exact) mass is 235 g/mol. The van der Waals surface area contributed by atoms with Crippen LogP contribution in [0.2, 0.25) is 0 Å². The van der Waals surface area contributed by atoms with Crippen molar-refractivity contribution in [1.29, 1.82) is 0 Å². The van der Waals surface area contributed by atoms with E-state index < -0.39 is 0 Å². The second-order valence-electron chi connectivity index (χ2n) is 4.94. The normalized spacial score (nSPS) is 20.1. The summed E-state index contributed by atoms with van der Waals surface area (Å²) in [5.74, 6) is 0.729. The number of carbonyl (C=O) groups excluding carboxylic acids is 1. The van der Waals surface area contributed by atoms with Crippen molar-refractivity contribution in [2.45, 2.75) is 44.1 Å². The van der Waals surface area contributed by atoms with Crippen LogP contribution in [0.3, 0.4) is 0 Å². The molecule has 0 unspecified atom stereocenters. The van der Waals surface area contributed by atoms with E-state index in [4.69, 9.17) is 10.5 Å². The molecule has 0 aliphatic heterocycles. The van der Waals surface area contributed by atoms with E-state index in [1.54, 1.807) is 0 Å². The fourth-order valence-corrected chi connectivity index (χ4v) is 2.39. The molecule has 5 heteroatoms. The highest BCUT2D eigenvalue weighted by molar-refractivity contribution is 5.90. The van der Waals surface area contributed by atoms with Gasteiger partial charge in [0.1, 0.15) is 5.82 Å². The van der Waals surface area contributed by atoms with Crippen molar-refractivity contribution in [3.63, 3.8) is 0 Å². The molecular formula is C12H17N3O2. The van der Waals surface area contributed by atoms with Gasteiger partial charge < -0.3 is 10.5 Å². The third-order valence-electron chi connectivity index (χ3n) is 3.77. The Morgan fingerprint density at radius 3 is 2.59 bits per heavy atom. The topological polar surface area (TPSA) is 70.1 Å². The van der Waals surface area contributed by atoms with Crippen molar-refractivity contribution < 1.29 is 9.53 Å². The molecular weight excluding hydrogens is 218 g/mol. The van der Waals surface area contributed by atoms with Gasteiger partial charge in [0, 0.05) is 5.56 Å². The van der Waals surface area contributed by atoms with Gasteiger partial charge >= 0.3 is 5.97 Å². The number of aromatic nitrogens is 2. The quantitative estimate of drug-likeness (QED) is 0.812. The number of esters is 1. The first-order valence-corrected chi connectivity index (χ1v) is 6.18. The fourth-order valence-electron chi connectivity index (χ4n) is 2.39. The molecule has 0 saturated heterocycles. The number of methoxy groups -OCH3 is 1. The first-order valence-electron chi connectivity index (χ1n) is 6.18. The van der Waals surface area contributed by atoms with Crippen LogP contribution in [0.25, 0.3) is 0 Å². The molecule has 2 fully saturated rings. The van der Waals surface area contributed by atoms with E-state index in [1.165, 1.54) is 13.5 Å². The Morgan fingerprint density at radius 2 is 2.12 bits per heavy atom. The second-order valence-corrected chi connectivity index (χ2v) is 4.94. The Balaban J connectivity index is 2.03. The van der Waals surface area contributed by atoms with Crippen molar-refractivity contribution in [3.8, 4) is 0 Å². The maximum absolute atomic E-state index is 11.7. The van der Waals surface area contributed by atoms with Gasteiger partial charge in [-0.2, -0.15) is 5.10 Å². The number of hydrogen-bond acceptors (Lipinski definition) is 4. The summed E-state index contributed by atoms with van der Waals surface area (Å²) < 4.78 is 6.62. The third-order valence-corrected chi connectivity index (χ3v) is 3.77. The number of carbonyl (C=O) groups is 1. The van der Waals surface area contributed by atoms with Gasteiger partial charge in [0.15, 0.2) is 5.69 Å². The number of hydrogen-bond donors (Lipinski definition) is 1. The number of nitrogens with two attached hydrogens (primary N) is 1. The van der Waals surface area contributed by atoms with Crippen LogP contribution in [-0.4, -0.2) is 22.9 Å². The molecule has 0 bridgehead atoms. The molecule has 92 valence electrons. The number of ether oxygens (including phenoxy) is 1. The molecule has 1 aromatic heterocycles. The van der Waals surface area contributed by atoms with E-state index in [0.717, 1.165) is 31.2 Å². The summed E-state index contributed by atoms with van der Waals surface area (Å²) >= 11 is 0. The van der Waals surface area contributed by atoms with E-state index in [0.29, 0.717) is 23.5 Å². The highest BCUT2D eigenvalue weighted by atomic mass is 16.5. The fraction of sp³-hybridized carbons (Fsp3) is 0.667. The molecule has 17 heavy (non-hydrogen) atoms. The molecule has 0 amide bonds. The van der Waals surface area contributed by atoms with Gasteiger partial charge in [0.25, 0.3) is 0 Å². The SMILES string of the molecule is COC(=O)c1nn(C2CCC2)c(N)c1C1CC1. The highest BCUT2D eigenvalue weighted by Gasteiger charge is 2.36. The van der Waals surface area contributed by atoms with Crippen molar-refractivity contribution in [3.05, 3.63) is 11.3 Å². The molecule has 2 aliphatic rings. The number of nitrogen functional groups attached to an aromatic ring is 1. The van der Waals surface area contributed by atoms with E-state index in [1.807, 2.05) is 4.68 Å². The maximum Gasteiger partial charge on any atom is 0.358 e. The Morgan fingerprint density at radius 1 is 1.41 bits per heavy atom. The van der Waals surface area contributed by atoms with Crippen LogP contribution in [-0.2, 0) is 4.74 Å². The minimum atomic E-state index is -0.364. The summed E-state index contributed by atoms with van der Waals surface area (Å²) in [7, 11) is 1.39. The Bertz CT molecular complexity index is 459. The van der Waals surface area contributed by atoms with Gasteiger partial charge in [-0.05, 0) is 38.0 Å². The van der Waals surface area contributed by atoms with Crippen LogP contribution in [0.4, 0.5) is 5.82 Å². The van der Waals surface area contributed by atoms with Crippen LogP contribution < -0.4 is 5.73 Å². The van der Waals surface area contributed by atoms with Gasteiger partial charge in [-0.15, -0.1) is 0 Å². The molecule has 2 N–H and O–H groups in total. The van der Waals surface area contributed by atoms with Crippen LogP contribution >= 0.6 is 0 Å². The number of anilines is 1. The maximum atomic E-state index is 11.7. The summed E-state index contributed by atoms with van der Waals surface area (Å²) in [6, 6.07) is 0.380. The lowest BCUT2D eigenvalue weighted by Gasteiger charge is -2.26. The molecule has 3 rings (SSSR count). The lowest BCUT2D eigenvalue weighted by molar-refractivity contribution is 0.0591. The molecule has 0 atom stereocenters. The van der Waals surface area contributed by atoms with Crippen LogP contribution in [0, 0.1) is 0 Å². The van der Waals surface area contributed by atoms with Crippen molar-refractivity contribution in [1.82, 2.24) is 9.78 Å². The zero-order valence-electron chi connectivity index (χ0n) is 9.98. The summed E-state index contributed by atoms with van der Waals surface area (Å²) in [4.78, 5) is 11.7. The largest absolute Gasteiger partial charge is 0.464 e. The van der Waals surface area contributed by atoms with Gasteiger partial charge in [-0.3, -0.25) is 0 Å². The average molecular weight is 235 g/mol. The van der Waals surface area contributed by atoms with Gasteiger partial charge in [0.05, 0.1) is 13.2 Å². The molecule has 2 aliphatic carbocycles. The first-order chi connectivity index (χ1) is 8.22. The molecule has 0 aromatic carbocycles. The van der Waals surface area contributed by atoms with Gasteiger partial charge in [0.2, 0.25) is 0 Å². The Labute approximate surface area is 99.9 Å².